The zero-order chi connectivity index (χ0) is 20.2. The summed E-state index contributed by atoms with van der Waals surface area (Å²) in [5.74, 6) is 0.328. The van der Waals surface area contributed by atoms with E-state index in [0.717, 1.165) is 28.7 Å². The van der Waals surface area contributed by atoms with Gasteiger partial charge in [0.1, 0.15) is 18.5 Å². The third-order valence-corrected chi connectivity index (χ3v) is 4.89. The Kier molecular flexibility index (Phi) is 5.40. The van der Waals surface area contributed by atoms with Gasteiger partial charge in [-0.15, -0.1) is 0 Å². The Labute approximate surface area is 169 Å². The van der Waals surface area contributed by atoms with Crippen molar-refractivity contribution in [1.82, 2.24) is 9.55 Å². The average molecular weight is 385 g/mol. The number of anilines is 1. The number of rotatable bonds is 6. The molecule has 0 unspecified atom stereocenters. The smallest absolute Gasteiger partial charge is 0.244 e. The van der Waals surface area contributed by atoms with E-state index >= 15 is 0 Å². The fourth-order valence-corrected chi connectivity index (χ4v) is 3.52. The largest absolute Gasteiger partial charge is 0.385 e. The fraction of sp³-hybridized carbons (Fsp3) is 0.167. The highest BCUT2D eigenvalue weighted by molar-refractivity contribution is 5.92. The normalized spacial score (nSPS) is 12.1. The number of nitrogens with one attached hydrogen (secondary N) is 1. The molecular formula is C24H23N3O2. The maximum atomic E-state index is 12.9. The number of benzene rings is 3. The number of fused-ring (bicyclic) bond motifs is 1. The van der Waals surface area contributed by atoms with Crippen molar-refractivity contribution in [3.05, 3.63) is 95.8 Å². The van der Waals surface area contributed by atoms with Gasteiger partial charge in [-0.1, -0.05) is 60.7 Å². The molecule has 2 N–H and O–H groups in total. The molecule has 1 heterocycles. The minimum atomic E-state index is -0.763. The molecular weight excluding hydrogens is 362 g/mol. The van der Waals surface area contributed by atoms with Gasteiger partial charge in [0.2, 0.25) is 5.91 Å². The van der Waals surface area contributed by atoms with Crippen LogP contribution >= 0.6 is 0 Å². The number of hydrogen-bond acceptors (Lipinski definition) is 3. The van der Waals surface area contributed by atoms with Crippen LogP contribution in [0.2, 0.25) is 0 Å². The molecule has 0 spiro atoms. The summed E-state index contributed by atoms with van der Waals surface area (Å²) < 4.78 is 1.77. The predicted octanol–water partition coefficient (Wildman–Crippen LogP) is 4.32. The number of aliphatic hydroxyl groups is 1. The van der Waals surface area contributed by atoms with Crippen molar-refractivity contribution in [3.8, 4) is 0 Å². The van der Waals surface area contributed by atoms with E-state index in [9.17, 15) is 9.90 Å². The molecule has 0 bridgehead atoms. The van der Waals surface area contributed by atoms with Crippen molar-refractivity contribution in [3.63, 3.8) is 0 Å². The molecule has 1 aromatic heterocycles. The molecule has 146 valence electrons. The third-order valence-electron chi connectivity index (χ3n) is 4.89. The first-order chi connectivity index (χ1) is 14.1. The third kappa shape index (κ3) is 4.20. The number of carbonyl (C=O) groups is 1. The van der Waals surface area contributed by atoms with Crippen molar-refractivity contribution in [2.24, 2.45) is 0 Å². The van der Waals surface area contributed by atoms with Crippen LogP contribution < -0.4 is 5.32 Å². The molecule has 0 aliphatic carbocycles. The zero-order valence-corrected chi connectivity index (χ0v) is 16.2. The molecule has 1 atom stereocenters. The van der Waals surface area contributed by atoms with Gasteiger partial charge in [-0.05, 0) is 42.7 Å². The minimum absolute atomic E-state index is 0.0837. The van der Waals surface area contributed by atoms with Crippen LogP contribution in [0.1, 0.15) is 30.0 Å². The van der Waals surface area contributed by atoms with Crippen LogP contribution in [0.25, 0.3) is 11.0 Å². The molecule has 5 nitrogen and oxygen atoms in total. The van der Waals surface area contributed by atoms with Gasteiger partial charge < -0.3 is 15.0 Å². The van der Waals surface area contributed by atoms with Crippen molar-refractivity contribution in [2.75, 3.05) is 5.32 Å². The van der Waals surface area contributed by atoms with E-state index in [2.05, 4.69) is 22.4 Å². The summed E-state index contributed by atoms with van der Waals surface area (Å²) in [5.41, 5.74) is 4.63. The van der Waals surface area contributed by atoms with Gasteiger partial charge in [0.15, 0.2) is 0 Å². The van der Waals surface area contributed by atoms with E-state index in [1.807, 2.05) is 66.7 Å². The number of amides is 1. The van der Waals surface area contributed by atoms with Crippen LogP contribution in [-0.2, 0) is 17.8 Å². The maximum Gasteiger partial charge on any atom is 0.244 e. The Morgan fingerprint density at radius 3 is 2.48 bits per heavy atom. The van der Waals surface area contributed by atoms with Crippen molar-refractivity contribution in [2.45, 2.75) is 26.0 Å². The SMILES string of the molecule is C[C@H](O)c1nc2ccccc2n1CC(=O)Nc1ccccc1Cc1ccccc1. The van der Waals surface area contributed by atoms with E-state index < -0.39 is 6.10 Å². The summed E-state index contributed by atoms with van der Waals surface area (Å²) in [7, 11) is 0. The number of hydrogen-bond donors (Lipinski definition) is 2. The molecule has 0 saturated heterocycles. The van der Waals surface area contributed by atoms with E-state index in [4.69, 9.17) is 0 Å². The lowest BCUT2D eigenvalue weighted by Crippen LogP contribution is -2.21. The second-order valence-electron chi connectivity index (χ2n) is 7.09. The summed E-state index contributed by atoms with van der Waals surface area (Å²) in [4.78, 5) is 17.3. The lowest BCUT2D eigenvalue weighted by molar-refractivity contribution is -0.116. The number of imidazole rings is 1. The van der Waals surface area contributed by atoms with Crippen LogP contribution in [0.5, 0.6) is 0 Å². The second-order valence-corrected chi connectivity index (χ2v) is 7.09. The minimum Gasteiger partial charge on any atom is -0.385 e. The van der Waals surface area contributed by atoms with Crippen LogP contribution in [0, 0.1) is 0 Å². The standard InChI is InChI=1S/C24H23N3O2/c1-17(28)24-26-21-13-7-8-14-22(21)27(24)16-23(29)25-20-12-6-5-11-19(20)15-18-9-3-2-4-10-18/h2-14,17,28H,15-16H2,1H3,(H,25,29)/t17-/m0/s1. The summed E-state index contributed by atoms with van der Waals surface area (Å²) in [6.45, 7) is 1.74. The van der Waals surface area contributed by atoms with E-state index in [-0.39, 0.29) is 12.5 Å². The monoisotopic (exact) mass is 385 g/mol. The molecule has 29 heavy (non-hydrogen) atoms. The number of carbonyl (C=O) groups excluding carboxylic acids is 1. The van der Waals surface area contributed by atoms with E-state index in [1.165, 1.54) is 5.56 Å². The molecule has 0 aliphatic heterocycles. The molecule has 5 heteroatoms. The first-order valence-corrected chi connectivity index (χ1v) is 9.67. The molecule has 3 aromatic carbocycles. The fourth-order valence-electron chi connectivity index (χ4n) is 3.52. The van der Waals surface area contributed by atoms with Crippen LogP contribution in [-0.4, -0.2) is 20.6 Å². The highest BCUT2D eigenvalue weighted by Gasteiger charge is 2.17. The Hall–Kier alpha value is -3.44. The van der Waals surface area contributed by atoms with Crippen LogP contribution in [0.4, 0.5) is 5.69 Å². The lowest BCUT2D eigenvalue weighted by atomic mass is 10.0. The van der Waals surface area contributed by atoms with Gasteiger partial charge in [0, 0.05) is 5.69 Å². The first kappa shape index (κ1) is 18.9. The molecule has 0 aliphatic rings. The van der Waals surface area contributed by atoms with Gasteiger partial charge in [-0.25, -0.2) is 4.98 Å². The van der Waals surface area contributed by atoms with E-state index in [0.29, 0.717) is 5.82 Å². The van der Waals surface area contributed by atoms with Gasteiger partial charge in [0.25, 0.3) is 0 Å². The lowest BCUT2D eigenvalue weighted by Gasteiger charge is -2.14. The van der Waals surface area contributed by atoms with Crippen molar-refractivity contribution in [1.29, 1.82) is 0 Å². The van der Waals surface area contributed by atoms with Gasteiger partial charge in [-0.3, -0.25) is 4.79 Å². The Morgan fingerprint density at radius 2 is 1.69 bits per heavy atom. The highest BCUT2D eigenvalue weighted by atomic mass is 16.3. The molecule has 0 radical (unpaired) electrons. The highest BCUT2D eigenvalue weighted by Crippen LogP contribution is 2.22. The topological polar surface area (TPSA) is 67.2 Å². The first-order valence-electron chi connectivity index (χ1n) is 9.67. The van der Waals surface area contributed by atoms with Crippen LogP contribution in [0.15, 0.2) is 78.9 Å². The molecule has 0 fully saturated rings. The van der Waals surface area contributed by atoms with Crippen molar-refractivity contribution < 1.29 is 9.90 Å². The number of aromatic nitrogens is 2. The Balaban J connectivity index is 1.57. The zero-order valence-electron chi connectivity index (χ0n) is 16.2. The molecule has 1 amide bonds. The Bertz CT molecular complexity index is 1130. The summed E-state index contributed by atoms with van der Waals surface area (Å²) in [5, 5.41) is 13.1. The van der Waals surface area contributed by atoms with Gasteiger partial charge in [0.05, 0.1) is 11.0 Å². The number of nitrogens with zero attached hydrogens (tertiary/aromatic N) is 2. The number of para-hydroxylation sites is 3. The van der Waals surface area contributed by atoms with Crippen molar-refractivity contribution >= 4 is 22.6 Å². The Morgan fingerprint density at radius 1 is 1.00 bits per heavy atom. The van der Waals surface area contributed by atoms with Crippen LogP contribution in [0.3, 0.4) is 0 Å². The summed E-state index contributed by atoms with van der Waals surface area (Å²) in [6.07, 6.45) is -0.0231. The maximum absolute atomic E-state index is 12.9. The van der Waals surface area contributed by atoms with Gasteiger partial charge in [-0.2, -0.15) is 0 Å². The summed E-state index contributed by atoms with van der Waals surface area (Å²) in [6, 6.07) is 25.6. The van der Waals surface area contributed by atoms with E-state index in [1.54, 1.807) is 11.5 Å². The molecule has 0 saturated carbocycles. The second kappa shape index (κ2) is 8.29. The van der Waals surface area contributed by atoms with Gasteiger partial charge >= 0.3 is 0 Å². The summed E-state index contributed by atoms with van der Waals surface area (Å²) >= 11 is 0. The quantitative estimate of drug-likeness (QED) is 0.519. The average Bonchev–Trinajstić information content (AvgIpc) is 3.09. The molecule has 4 rings (SSSR count). The molecule has 4 aromatic rings. The number of aliphatic hydroxyl groups excluding tert-OH is 1. The predicted molar refractivity (Wildman–Crippen MR) is 115 cm³/mol.